The van der Waals surface area contributed by atoms with Gasteiger partial charge in [0.1, 0.15) is 0 Å². The fourth-order valence-corrected chi connectivity index (χ4v) is 3.70. The summed E-state index contributed by atoms with van der Waals surface area (Å²) in [7, 11) is 0. The molecule has 112 valence electrons. The van der Waals surface area contributed by atoms with Crippen LogP contribution >= 0.6 is 0 Å². The molecule has 0 amide bonds. The van der Waals surface area contributed by atoms with E-state index in [1.807, 2.05) is 6.07 Å². The van der Waals surface area contributed by atoms with Crippen LogP contribution in [0.5, 0.6) is 0 Å². The van der Waals surface area contributed by atoms with Crippen molar-refractivity contribution in [3.8, 4) is 0 Å². The predicted molar refractivity (Wildman–Crippen MR) is 82.7 cm³/mol. The molecule has 1 aromatic carbocycles. The highest BCUT2D eigenvalue weighted by atomic mass is 16.4. The third-order valence-electron chi connectivity index (χ3n) is 4.71. The van der Waals surface area contributed by atoms with Gasteiger partial charge < -0.3 is 15.1 Å². The lowest BCUT2D eigenvalue weighted by atomic mass is 10.1. The minimum absolute atomic E-state index is 0.431. The minimum Gasteiger partial charge on any atom is -0.408 e. The Morgan fingerprint density at radius 1 is 1.24 bits per heavy atom. The normalized spacial score (nSPS) is 23.4. The van der Waals surface area contributed by atoms with Crippen molar-refractivity contribution in [1.82, 2.24) is 9.88 Å². The summed E-state index contributed by atoms with van der Waals surface area (Å²) in [6.45, 7) is 4.41. The average Bonchev–Trinajstić information content (AvgIpc) is 2.97. The highest BCUT2D eigenvalue weighted by Gasteiger charge is 2.29. The number of benzene rings is 1. The molecule has 2 aromatic rings. The van der Waals surface area contributed by atoms with Crippen LogP contribution in [-0.2, 0) is 0 Å². The number of oxazole rings is 1. The maximum absolute atomic E-state index is 11.3. The molecular weight excluding hydrogens is 268 g/mol. The van der Waals surface area contributed by atoms with Crippen LogP contribution in [0.2, 0.25) is 0 Å². The Kier molecular flexibility index (Phi) is 2.92. The van der Waals surface area contributed by atoms with Crippen LogP contribution in [0.25, 0.3) is 11.1 Å². The second-order valence-corrected chi connectivity index (χ2v) is 6.05. The first-order valence-corrected chi connectivity index (χ1v) is 7.62. The largest absolute Gasteiger partial charge is 0.417 e. The number of anilines is 2. The van der Waals surface area contributed by atoms with Gasteiger partial charge >= 0.3 is 5.76 Å². The van der Waals surface area contributed by atoms with Gasteiger partial charge in [0, 0.05) is 31.7 Å². The van der Waals surface area contributed by atoms with Crippen molar-refractivity contribution >= 4 is 22.5 Å². The zero-order chi connectivity index (χ0) is 14.4. The van der Waals surface area contributed by atoms with E-state index in [0.717, 1.165) is 30.7 Å². The van der Waals surface area contributed by atoms with Crippen molar-refractivity contribution < 1.29 is 4.42 Å². The standard InChI is InChI=1S/C15H20N4O2/c16-11-7-14-12(17-15(20)21-14)8-13(11)19-6-2-5-18-4-1-3-10(18)9-19/h7-8,10H,1-6,9,16H2,(H,17,20). The maximum Gasteiger partial charge on any atom is 0.417 e. The number of H-pyrrole nitrogens is 1. The molecular formula is C15H20N4O2. The molecule has 6 nitrogen and oxygen atoms in total. The molecule has 0 spiro atoms. The van der Waals surface area contributed by atoms with Crippen LogP contribution < -0.4 is 16.4 Å². The van der Waals surface area contributed by atoms with Gasteiger partial charge in [0.25, 0.3) is 0 Å². The molecule has 1 aromatic heterocycles. The van der Waals surface area contributed by atoms with Crippen molar-refractivity contribution in [2.75, 3.05) is 36.8 Å². The van der Waals surface area contributed by atoms with Crippen LogP contribution in [0.1, 0.15) is 19.3 Å². The van der Waals surface area contributed by atoms with Gasteiger partial charge in [-0.05, 0) is 31.9 Å². The van der Waals surface area contributed by atoms with E-state index in [9.17, 15) is 4.79 Å². The van der Waals surface area contributed by atoms with Crippen molar-refractivity contribution in [3.63, 3.8) is 0 Å². The molecule has 0 saturated carbocycles. The smallest absolute Gasteiger partial charge is 0.408 e. The number of hydrogen-bond donors (Lipinski definition) is 2. The van der Waals surface area contributed by atoms with Crippen LogP contribution in [0.15, 0.2) is 21.3 Å². The van der Waals surface area contributed by atoms with E-state index in [2.05, 4.69) is 14.8 Å². The fraction of sp³-hybridized carbons (Fsp3) is 0.533. The molecule has 21 heavy (non-hydrogen) atoms. The predicted octanol–water partition coefficient (Wildman–Crippen LogP) is 1.38. The molecule has 3 N–H and O–H groups in total. The molecule has 3 heterocycles. The number of nitrogens with one attached hydrogen (secondary N) is 1. The molecule has 6 heteroatoms. The highest BCUT2D eigenvalue weighted by Crippen LogP contribution is 2.31. The SMILES string of the molecule is Nc1cc2oc(=O)[nH]c2cc1N1CCCN2CCCC2C1. The quantitative estimate of drug-likeness (QED) is 0.775. The van der Waals surface area contributed by atoms with Gasteiger partial charge in [-0.1, -0.05) is 0 Å². The zero-order valence-corrected chi connectivity index (χ0v) is 12.0. The summed E-state index contributed by atoms with van der Waals surface area (Å²) in [6, 6.07) is 4.33. The number of fused-ring (bicyclic) bond motifs is 2. The summed E-state index contributed by atoms with van der Waals surface area (Å²) in [4.78, 5) is 19.0. The lowest BCUT2D eigenvalue weighted by Crippen LogP contribution is -2.36. The number of aromatic nitrogens is 1. The van der Waals surface area contributed by atoms with Gasteiger partial charge in [-0.15, -0.1) is 0 Å². The van der Waals surface area contributed by atoms with Crippen LogP contribution in [-0.4, -0.2) is 42.1 Å². The van der Waals surface area contributed by atoms with E-state index in [1.54, 1.807) is 6.07 Å². The first-order chi connectivity index (χ1) is 10.2. The Balaban J connectivity index is 1.71. The number of nitrogens with two attached hydrogens (primary N) is 1. The van der Waals surface area contributed by atoms with Gasteiger partial charge in [0.2, 0.25) is 0 Å². The number of hydrogen-bond acceptors (Lipinski definition) is 5. The molecule has 2 fully saturated rings. The molecule has 2 saturated heterocycles. The summed E-state index contributed by atoms with van der Waals surface area (Å²) in [5, 5.41) is 0. The monoisotopic (exact) mass is 288 g/mol. The number of nitrogen functional groups attached to an aromatic ring is 1. The third kappa shape index (κ3) is 2.19. The van der Waals surface area contributed by atoms with Gasteiger partial charge in [-0.2, -0.15) is 0 Å². The number of rotatable bonds is 1. The van der Waals surface area contributed by atoms with Crippen LogP contribution in [0.3, 0.4) is 0 Å². The minimum atomic E-state index is -0.431. The van der Waals surface area contributed by atoms with Gasteiger partial charge in [0.15, 0.2) is 5.58 Å². The van der Waals surface area contributed by atoms with Crippen molar-refractivity contribution in [3.05, 3.63) is 22.7 Å². The second kappa shape index (κ2) is 4.80. The molecule has 1 unspecified atom stereocenters. The number of nitrogens with zero attached hydrogens (tertiary/aromatic N) is 2. The Hall–Kier alpha value is -1.95. The summed E-state index contributed by atoms with van der Waals surface area (Å²) in [5.74, 6) is -0.431. The topological polar surface area (TPSA) is 78.5 Å². The highest BCUT2D eigenvalue weighted by molar-refractivity contribution is 5.85. The van der Waals surface area contributed by atoms with Crippen molar-refractivity contribution in [1.29, 1.82) is 0 Å². The van der Waals surface area contributed by atoms with E-state index in [-0.39, 0.29) is 0 Å². The van der Waals surface area contributed by atoms with E-state index < -0.39 is 5.76 Å². The molecule has 0 bridgehead atoms. The number of aromatic amines is 1. The van der Waals surface area contributed by atoms with Gasteiger partial charge in [0.05, 0.1) is 16.9 Å². The van der Waals surface area contributed by atoms with E-state index in [4.69, 9.17) is 10.2 Å². The molecule has 1 atom stereocenters. The third-order valence-corrected chi connectivity index (χ3v) is 4.71. The summed E-state index contributed by atoms with van der Waals surface area (Å²) >= 11 is 0. The van der Waals surface area contributed by atoms with E-state index >= 15 is 0 Å². The first kappa shape index (κ1) is 12.8. The average molecular weight is 288 g/mol. The zero-order valence-electron chi connectivity index (χ0n) is 12.0. The molecule has 0 radical (unpaired) electrons. The van der Waals surface area contributed by atoms with E-state index in [1.165, 1.54) is 25.9 Å². The fourth-order valence-electron chi connectivity index (χ4n) is 3.70. The van der Waals surface area contributed by atoms with Crippen molar-refractivity contribution in [2.24, 2.45) is 0 Å². The van der Waals surface area contributed by atoms with Crippen LogP contribution in [0.4, 0.5) is 11.4 Å². The molecule has 4 rings (SSSR count). The van der Waals surface area contributed by atoms with Gasteiger partial charge in [-0.3, -0.25) is 9.88 Å². The second-order valence-electron chi connectivity index (χ2n) is 6.05. The lowest BCUT2D eigenvalue weighted by Gasteiger charge is -2.28. The Morgan fingerprint density at radius 3 is 3.00 bits per heavy atom. The Bertz CT molecular complexity index is 720. The maximum atomic E-state index is 11.3. The Labute approximate surface area is 122 Å². The molecule has 0 aliphatic carbocycles. The summed E-state index contributed by atoms with van der Waals surface area (Å²) in [5.41, 5.74) is 9.11. The first-order valence-electron chi connectivity index (χ1n) is 7.62. The summed E-state index contributed by atoms with van der Waals surface area (Å²) < 4.78 is 5.07. The summed E-state index contributed by atoms with van der Waals surface area (Å²) in [6.07, 6.45) is 3.71. The van der Waals surface area contributed by atoms with Gasteiger partial charge in [-0.25, -0.2) is 4.79 Å². The van der Waals surface area contributed by atoms with Crippen LogP contribution in [0, 0.1) is 0 Å². The van der Waals surface area contributed by atoms with Crippen molar-refractivity contribution in [2.45, 2.75) is 25.3 Å². The Morgan fingerprint density at radius 2 is 2.10 bits per heavy atom. The van der Waals surface area contributed by atoms with E-state index in [0.29, 0.717) is 17.3 Å². The molecule has 2 aliphatic rings. The lowest BCUT2D eigenvalue weighted by molar-refractivity contribution is 0.273. The molecule has 2 aliphatic heterocycles.